The number of carbonyl (C=O) groups is 1. The largest absolute Gasteiger partial charge is 0.512 e. The van der Waals surface area contributed by atoms with Crippen LogP contribution in [0.5, 0.6) is 0 Å². The van der Waals surface area contributed by atoms with Crippen molar-refractivity contribution < 1.29 is 38.8 Å². The number of nitrogens with zero attached hydrogens (tertiary/aromatic N) is 2. The molecule has 0 saturated heterocycles. The molecule has 0 fully saturated rings. The van der Waals surface area contributed by atoms with Gasteiger partial charge in [0.1, 0.15) is 16.7 Å². The van der Waals surface area contributed by atoms with Gasteiger partial charge >= 0.3 is 0 Å². The third-order valence-electron chi connectivity index (χ3n) is 7.86. The Kier molecular flexibility index (Phi) is 9.83. The number of aliphatic hydroxyl groups excluding tert-OH is 1. The molecule has 0 spiro atoms. The maximum atomic E-state index is 11.7. The Morgan fingerprint density at radius 2 is 1.62 bits per heavy atom. The van der Waals surface area contributed by atoms with Crippen molar-refractivity contribution in [3.05, 3.63) is 84.0 Å². The molecule has 1 radical (unpaired) electrons. The van der Waals surface area contributed by atoms with Crippen LogP contribution in [0.1, 0.15) is 53.4 Å². The Labute approximate surface area is 258 Å². The SMILES string of the molecule is CCC(CC)C(=O)/C=C(\O)C(CC)CC.[C-]#[N+]c1cc2oc3cccnc3c3[c-]c4ccccc4c4oc(c1)c2c34.[Ir]. The maximum absolute atomic E-state index is 11.7. The van der Waals surface area contributed by atoms with Crippen LogP contribution >= 0.6 is 0 Å². The molecule has 217 valence electrons. The van der Waals surface area contributed by atoms with Crippen LogP contribution in [0.25, 0.3) is 59.6 Å². The van der Waals surface area contributed by atoms with Gasteiger partial charge in [-0.1, -0.05) is 51.3 Å². The monoisotopic (exact) mass is 738 g/mol. The van der Waals surface area contributed by atoms with Gasteiger partial charge in [-0.15, -0.1) is 17.5 Å². The van der Waals surface area contributed by atoms with Crippen molar-refractivity contribution in [2.45, 2.75) is 53.4 Å². The summed E-state index contributed by atoms with van der Waals surface area (Å²) >= 11 is 0. The van der Waals surface area contributed by atoms with E-state index in [9.17, 15) is 9.90 Å². The average molecular weight is 738 g/mol. The molecule has 0 saturated carbocycles. The van der Waals surface area contributed by atoms with Crippen LogP contribution in [0.15, 0.2) is 75.4 Å². The van der Waals surface area contributed by atoms with Gasteiger partial charge in [0, 0.05) is 55.1 Å². The summed E-state index contributed by atoms with van der Waals surface area (Å²) < 4.78 is 12.4. The third-order valence-corrected chi connectivity index (χ3v) is 7.86. The van der Waals surface area contributed by atoms with E-state index in [1.165, 1.54) is 6.08 Å². The molecule has 0 aliphatic rings. The summed E-state index contributed by atoms with van der Waals surface area (Å²) in [7, 11) is 0. The number of hydrogen-bond donors (Lipinski definition) is 1. The first-order valence-electron chi connectivity index (χ1n) is 14.2. The summed E-state index contributed by atoms with van der Waals surface area (Å²) in [5.74, 6) is 0.547. The second-order valence-corrected chi connectivity index (χ2v) is 10.2. The number of ketones is 1. The van der Waals surface area contributed by atoms with Gasteiger partial charge in [-0.25, -0.2) is 4.85 Å². The fraction of sp³-hybridized carbons (Fsp3) is 0.286. The molecule has 0 amide bonds. The van der Waals surface area contributed by atoms with Crippen molar-refractivity contribution in [3.63, 3.8) is 0 Å². The number of allylic oxidation sites excluding steroid dienone is 2. The molecule has 6 aromatic rings. The quantitative estimate of drug-likeness (QED) is 0.100. The van der Waals surface area contributed by atoms with E-state index < -0.39 is 0 Å². The average Bonchev–Trinajstić information content (AvgIpc) is 3.32. The van der Waals surface area contributed by atoms with Crippen molar-refractivity contribution in [3.8, 4) is 0 Å². The van der Waals surface area contributed by atoms with E-state index in [2.05, 4.69) is 15.9 Å². The molecule has 0 unspecified atom stereocenters. The van der Waals surface area contributed by atoms with Gasteiger partial charge in [0.15, 0.2) is 11.5 Å². The summed E-state index contributed by atoms with van der Waals surface area (Å²) in [6, 6.07) is 18.7. The van der Waals surface area contributed by atoms with Gasteiger partial charge in [-0.05, 0) is 60.7 Å². The van der Waals surface area contributed by atoms with Gasteiger partial charge < -0.3 is 13.9 Å². The van der Waals surface area contributed by atoms with Crippen LogP contribution < -0.4 is 0 Å². The number of carbonyl (C=O) groups excluding carboxylic acids is 1. The predicted molar refractivity (Wildman–Crippen MR) is 165 cm³/mol. The smallest absolute Gasteiger partial charge is 0.194 e. The molecule has 6 nitrogen and oxygen atoms in total. The van der Waals surface area contributed by atoms with Gasteiger partial charge in [-0.2, -0.15) is 0 Å². The maximum Gasteiger partial charge on any atom is 0.194 e. The van der Waals surface area contributed by atoms with E-state index >= 15 is 0 Å². The van der Waals surface area contributed by atoms with Crippen molar-refractivity contribution in [2.24, 2.45) is 11.8 Å². The van der Waals surface area contributed by atoms with E-state index in [1.807, 2.05) is 64.1 Å². The summed E-state index contributed by atoms with van der Waals surface area (Å²) in [6.45, 7) is 15.5. The van der Waals surface area contributed by atoms with Crippen LogP contribution in [0.2, 0.25) is 0 Å². The molecule has 0 aliphatic carbocycles. The Morgan fingerprint density at radius 3 is 2.29 bits per heavy atom. The fourth-order valence-corrected chi connectivity index (χ4v) is 5.47. The van der Waals surface area contributed by atoms with Gasteiger partial charge in [0.2, 0.25) is 0 Å². The zero-order valence-electron chi connectivity index (χ0n) is 24.2. The molecular formula is C35H33IrN2O4-. The van der Waals surface area contributed by atoms with Gasteiger partial charge in [0.25, 0.3) is 0 Å². The Bertz CT molecular complexity index is 1950. The van der Waals surface area contributed by atoms with Crippen molar-refractivity contribution in [2.75, 3.05) is 0 Å². The van der Waals surface area contributed by atoms with Crippen LogP contribution in [-0.2, 0) is 24.9 Å². The minimum Gasteiger partial charge on any atom is -0.512 e. The number of pyridine rings is 1. The predicted octanol–water partition coefficient (Wildman–Crippen LogP) is 10.3. The zero-order chi connectivity index (χ0) is 29.1. The molecule has 1 N–H and O–H groups in total. The number of furan rings is 1. The number of rotatable bonds is 7. The Morgan fingerprint density at radius 1 is 0.952 bits per heavy atom. The summed E-state index contributed by atoms with van der Waals surface area (Å²) in [5.41, 5.74) is 3.89. The van der Waals surface area contributed by atoms with Crippen LogP contribution in [0.4, 0.5) is 5.69 Å². The number of aromatic nitrogens is 1. The summed E-state index contributed by atoms with van der Waals surface area (Å²) in [6.07, 6.45) is 6.65. The normalized spacial score (nSPS) is 11.8. The first-order chi connectivity index (χ1) is 19.9. The first-order valence-corrected chi connectivity index (χ1v) is 14.2. The zero-order valence-corrected chi connectivity index (χ0v) is 26.6. The molecule has 42 heavy (non-hydrogen) atoms. The minimum absolute atomic E-state index is 0. The van der Waals surface area contributed by atoms with E-state index in [1.54, 1.807) is 18.3 Å². The molecule has 0 bridgehead atoms. The third kappa shape index (κ3) is 5.70. The second kappa shape index (κ2) is 13.3. The topological polar surface area (TPSA) is 80.8 Å². The van der Waals surface area contributed by atoms with Crippen molar-refractivity contribution in [1.82, 2.24) is 4.98 Å². The minimum atomic E-state index is 0. The number of fused-ring (bicyclic) bond motifs is 4. The second-order valence-electron chi connectivity index (χ2n) is 10.2. The molecule has 3 aromatic heterocycles. The molecule has 7 heteroatoms. The van der Waals surface area contributed by atoms with Crippen molar-refractivity contribution >= 4 is 66.3 Å². The van der Waals surface area contributed by atoms with E-state index in [-0.39, 0.29) is 43.5 Å². The molecule has 0 aliphatic heterocycles. The summed E-state index contributed by atoms with van der Waals surface area (Å²) in [5, 5.41) is 14.4. The van der Waals surface area contributed by atoms with Crippen LogP contribution in [0.3, 0.4) is 0 Å². The molecule has 3 aromatic carbocycles. The number of benzene rings is 3. The molecular weight excluding hydrogens is 705 g/mol. The Hall–Kier alpha value is -3.98. The Balaban J connectivity index is 0.000000221. The number of hydrogen-bond acceptors (Lipinski definition) is 5. The standard InChI is InChI=1S/C22H9N2O2.C13H24O2.Ir/c1-23-13-10-17-20-18(11-13)26-22-14-6-3-2-5-12(14)9-15(19(20)22)21-16(25-17)7-4-8-24-21;1-5-10(6-2)12(14)9-13(15)11(7-3)8-4;/h2-8,10-11H;9-11,14H,5-8H2,1-4H3;/q-1;;/b;12-9-;. The van der Waals surface area contributed by atoms with Crippen LogP contribution in [-0.4, -0.2) is 15.9 Å². The molecule has 6 rings (SSSR count). The first kappa shape index (κ1) is 31.0. The van der Waals surface area contributed by atoms with E-state index in [4.69, 9.17) is 15.4 Å². The van der Waals surface area contributed by atoms with Crippen LogP contribution in [0, 0.1) is 24.5 Å². The molecule has 0 atom stereocenters. The van der Waals surface area contributed by atoms with E-state index in [0.29, 0.717) is 22.4 Å². The van der Waals surface area contributed by atoms with E-state index in [0.717, 1.165) is 63.7 Å². The van der Waals surface area contributed by atoms with Crippen molar-refractivity contribution in [1.29, 1.82) is 0 Å². The number of aliphatic hydroxyl groups is 1. The molecule has 3 heterocycles. The summed E-state index contributed by atoms with van der Waals surface area (Å²) in [4.78, 5) is 19.8. The van der Waals surface area contributed by atoms with Gasteiger partial charge in [0.05, 0.1) is 17.9 Å². The fourth-order valence-electron chi connectivity index (χ4n) is 5.47. The van der Waals surface area contributed by atoms with Gasteiger partial charge in [-0.3, -0.25) is 9.78 Å².